The highest BCUT2D eigenvalue weighted by atomic mass is 35.5. The highest BCUT2D eigenvalue weighted by Crippen LogP contribution is 2.18. The van der Waals surface area contributed by atoms with E-state index in [0.717, 1.165) is 16.9 Å². The Labute approximate surface area is 100 Å². The summed E-state index contributed by atoms with van der Waals surface area (Å²) in [5.41, 5.74) is 2.06. The summed E-state index contributed by atoms with van der Waals surface area (Å²) in [4.78, 5) is 11.5. The van der Waals surface area contributed by atoms with Crippen LogP contribution in [0.15, 0.2) is 18.2 Å². The zero-order chi connectivity index (χ0) is 11.3. The third-order valence-electron chi connectivity index (χ3n) is 2.18. The number of thioether (sulfide) groups is 1. The fraction of sp³-hybridized carbons (Fsp3) is 0.417. The minimum Gasteiger partial charge on any atom is -0.299 e. The molecule has 0 fully saturated rings. The lowest BCUT2D eigenvalue weighted by molar-refractivity contribution is -0.118. The van der Waals surface area contributed by atoms with Gasteiger partial charge < -0.3 is 0 Å². The molecule has 0 N–H and O–H groups in total. The first-order chi connectivity index (χ1) is 7.13. The molecule has 1 rings (SSSR count). The van der Waals surface area contributed by atoms with Crippen molar-refractivity contribution < 1.29 is 4.79 Å². The Kier molecular flexibility index (Phi) is 5.20. The van der Waals surface area contributed by atoms with Crippen molar-refractivity contribution in [3.63, 3.8) is 0 Å². The number of carbonyl (C=O) groups is 1. The summed E-state index contributed by atoms with van der Waals surface area (Å²) in [6.45, 7) is 1.99. The number of rotatable bonds is 5. The summed E-state index contributed by atoms with van der Waals surface area (Å²) in [7, 11) is 0. The number of hydrogen-bond donors (Lipinski definition) is 0. The summed E-state index contributed by atoms with van der Waals surface area (Å²) in [6, 6.07) is 5.83. The van der Waals surface area contributed by atoms with Crippen molar-refractivity contribution in [1.29, 1.82) is 0 Å². The number of ketones is 1. The molecule has 0 spiro atoms. The first kappa shape index (κ1) is 12.6. The van der Waals surface area contributed by atoms with E-state index in [0.29, 0.717) is 17.9 Å². The molecule has 1 nitrogen and oxygen atoms in total. The molecule has 0 unspecified atom stereocenters. The quantitative estimate of drug-likeness (QED) is 0.786. The fourth-order valence-electron chi connectivity index (χ4n) is 1.31. The van der Waals surface area contributed by atoms with Crippen molar-refractivity contribution in [1.82, 2.24) is 0 Å². The zero-order valence-electron chi connectivity index (χ0n) is 9.05. The van der Waals surface area contributed by atoms with Crippen LogP contribution in [-0.4, -0.2) is 17.8 Å². The van der Waals surface area contributed by atoms with E-state index in [1.807, 2.05) is 31.4 Å². The number of benzene rings is 1. The lowest BCUT2D eigenvalue weighted by Crippen LogP contribution is -2.04. The van der Waals surface area contributed by atoms with Gasteiger partial charge in [-0.1, -0.05) is 23.7 Å². The average molecular weight is 243 g/mol. The molecule has 0 aromatic heterocycles. The predicted molar refractivity (Wildman–Crippen MR) is 67.9 cm³/mol. The molecular weight excluding hydrogens is 228 g/mol. The lowest BCUT2D eigenvalue weighted by atomic mass is 10.1. The Bertz CT molecular complexity index is 349. The van der Waals surface area contributed by atoms with E-state index in [1.54, 1.807) is 11.8 Å². The van der Waals surface area contributed by atoms with E-state index in [9.17, 15) is 4.79 Å². The number of aryl methyl sites for hydroxylation is 1. The number of hydrogen-bond acceptors (Lipinski definition) is 2. The summed E-state index contributed by atoms with van der Waals surface area (Å²) in [6.07, 6.45) is 3.09. The van der Waals surface area contributed by atoms with Gasteiger partial charge >= 0.3 is 0 Å². The number of halogens is 1. The van der Waals surface area contributed by atoms with Crippen molar-refractivity contribution in [3.05, 3.63) is 34.3 Å². The van der Waals surface area contributed by atoms with Crippen molar-refractivity contribution in [2.45, 2.75) is 19.8 Å². The van der Waals surface area contributed by atoms with Crippen LogP contribution in [0.4, 0.5) is 0 Å². The molecule has 3 heteroatoms. The average Bonchev–Trinajstić information content (AvgIpc) is 2.19. The summed E-state index contributed by atoms with van der Waals surface area (Å²) in [5.74, 6) is 1.15. The third kappa shape index (κ3) is 4.27. The molecule has 0 aliphatic carbocycles. The molecule has 0 heterocycles. The molecule has 0 saturated carbocycles. The molecule has 1 aromatic rings. The van der Waals surface area contributed by atoms with Crippen molar-refractivity contribution in [2.75, 3.05) is 12.0 Å². The Morgan fingerprint density at radius 3 is 2.80 bits per heavy atom. The van der Waals surface area contributed by atoms with Gasteiger partial charge in [0.25, 0.3) is 0 Å². The number of carbonyl (C=O) groups excluding carboxylic acids is 1. The van der Waals surface area contributed by atoms with Crippen LogP contribution < -0.4 is 0 Å². The molecule has 15 heavy (non-hydrogen) atoms. The zero-order valence-corrected chi connectivity index (χ0v) is 10.6. The molecular formula is C12H15ClOS. The highest BCUT2D eigenvalue weighted by Gasteiger charge is 2.06. The van der Waals surface area contributed by atoms with Crippen LogP contribution in [-0.2, 0) is 11.2 Å². The van der Waals surface area contributed by atoms with Crippen molar-refractivity contribution in [2.24, 2.45) is 0 Å². The van der Waals surface area contributed by atoms with Crippen molar-refractivity contribution in [3.8, 4) is 0 Å². The van der Waals surface area contributed by atoms with Gasteiger partial charge in [0.1, 0.15) is 5.78 Å². The Morgan fingerprint density at radius 1 is 1.47 bits per heavy atom. The molecule has 0 atom stereocenters. The first-order valence-electron chi connectivity index (χ1n) is 4.89. The van der Waals surface area contributed by atoms with Gasteiger partial charge in [-0.3, -0.25) is 4.79 Å². The summed E-state index contributed by atoms with van der Waals surface area (Å²) < 4.78 is 0. The minimum absolute atomic E-state index is 0.259. The molecule has 0 bridgehead atoms. The van der Waals surface area contributed by atoms with Crippen LogP contribution in [0, 0.1) is 6.92 Å². The van der Waals surface area contributed by atoms with E-state index in [-0.39, 0.29) is 5.78 Å². The van der Waals surface area contributed by atoms with Crippen LogP contribution in [0.2, 0.25) is 5.02 Å². The fourth-order valence-corrected chi connectivity index (χ4v) is 2.05. The maximum atomic E-state index is 11.5. The Balaban J connectivity index is 2.60. The van der Waals surface area contributed by atoms with Gasteiger partial charge in [-0.15, -0.1) is 0 Å². The van der Waals surface area contributed by atoms with Crippen LogP contribution in [0.25, 0.3) is 0 Å². The maximum Gasteiger partial charge on any atom is 0.138 e. The van der Waals surface area contributed by atoms with E-state index in [1.165, 1.54) is 0 Å². The van der Waals surface area contributed by atoms with Crippen molar-refractivity contribution >= 4 is 29.1 Å². The molecule has 0 radical (unpaired) electrons. The van der Waals surface area contributed by atoms with Crippen LogP contribution in [0.1, 0.15) is 17.5 Å². The molecule has 0 aliphatic heterocycles. The second-order valence-electron chi connectivity index (χ2n) is 3.55. The summed E-state index contributed by atoms with van der Waals surface area (Å²) in [5, 5.41) is 0.701. The van der Waals surface area contributed by atoms with Gasteiger partial charge in [-0.25, -0.2) is 0 Å². The van der Waals surface area contributed by atoms with Gasteiger partial charge in [-0.2, -0.15) is 11.8 Å². The third-order valence-corrected chi connectivity index (χ3v) is 3.15. The lowest BCUT2D eigenvalue weighted by Gasteiger charge is -2.04. The molecule has 0 saturated heterocycles. The maximum absolute atomic E-state index is 11.5. The smallest absolute Gasteiger partial charge is 0.138 e. The van der Waals surface area contributed by atoms with Crippen LogP contribution in [0.5, 0.6) is 0 Å². The largest absolute Gasteiger partial charge is 0.299 e. The van der Waals surface area contributed by atoms with Gasteiger partial charge in [0.2, 0.25) is 0 Å². The van der Waals surface area contributed by atoms with Crippen LogP contribution in [0.3, 0.4) is 0 Å². The van der Waals surface area contributed by atoms with Gasteiger partial charge in [0, 0.05) is 17.9 Å². The van der Waals surface area contributed by atoms with Gasteiger partial charge in [0.05, 0.1) is 0 Å². The van der Waals surface area contributed by atoms with E-state index >= 15 is 0 Å². The molecule has 0 amide bonds. The Morgan fingerprint density at radius 2 is 2.20 bits per heavy atom. The second kappa shape index (κ2) is 6.19. The van der Waals surface area contributed by atoms with Gasteiger partial charge in [0.15, 0.2) is 0 Å². The predicted octanol–water partition coefficient (Wildman–Crippen LogP) is 3.51. The SMILES string of the molecule is CSCCC(=O)Cc1ccc(C)cc1Cl. The van der Waals surface area contributed by atoms with Crippen LogP contribution >= 0.6 is 23.4 Å². The normalized spacial score (nSPS) is 10.3. The molecule has 82 valence electrons. The topological polar surface area (TPSA) is 17.1 Å². The molecule has 0 aliphatic rings. The summed E-state index contributed by atoms with van der Waals surface area (Å²) >= 11 is 7.74. The van der Waals surface area contributed by atoms with E-state index in [2.05, 4.69) is 0 Å². The van der Waals surface area contributed by atoms with Gasteiger partial charge in [-0.05, 0) is 36.1 Å². The van der Waals surface area contributed by atoms with E-state index in [4.69, 9.17) is 11.6 Å². The number of Topliss-reactive ketones (excluding diaryl/α,β-unsaturated/α-hetero) is 1. The van der Waals surface area contributed by atoms with E-state index < -0.39 is 0 Å². The highest BCUT2D eigenvalue weighted by molar-refractivity contribution is 7.98. The molecule has 1 aromatic carbocycles. The minimum atomic E-state index is 0.259. The Hall–Kier alpha value is -0.470. The second-order valence-corrected chi connectivity index (χ2v) is 4.95. The standard InChI is InChI=1S/C12H15ClOS/c1-9-3-4-10(12(13)7-9)8-11(14)5-6-15-2/h3-4,7H,5-6,8H2,1-2H3. The monoisotopic (exact) mass is 242 g/mol. The first-order valence-corrected chi connectivity index (χ1v) is 6.66.